The summed E-state index contributed by atoms with van der Waals surface area (Å²) in [6.45, 7) is 0.387. The second-order valence-corrected chi connectivity index (χ2v) is 7.10. The Balaban J connectivity index is 1.39. The standard InChI is InChI=1S/C21H18F3N5S/c22-21(23,24)16-8-4-5-9-17(16)27-20(30)29-28-19-15-10-14(11-18(15)25-12-26-19)13-6-2-1-3-7-13/h1-9,11,25H,10,12H2,(H,26,28)(H2,27,29,30). The highest BCUT2D eigenvalue weighted by Crippen LogP contribution is 2.35. The Morgan fingerprint density at radius 2 is 1.77 bits per heavy atom. The zero-order valence-corrected chi connectivity index (χ0v) is 16.5. The molecule has 0 spiro atoms. The Morgan fingerprint density at radius 1 is 1.03 bits per heavy atom. The topological polar surface area (TPSA) is 60.5 Å². The van der Waals surface area contributed by atoms with Crippen molar-refractivity contribution in [3.8, 4) is 0 Å². The predicted molar refractivity (Wildman–Crippen MR) is 115 cm³/mol. The molecule has 0 unspecified atom stereocenters. The Hall–Kier alpha value is -3.33. The molecule has 2 aromatic rings. The van der Waals surface area contributed by atoms with E-state index in [1.807, 2.05) is 30.3 Å². The molecule has 0 saturated carbocycles. The lowest BCUT2D eigenvalue weighted by atomic mass is 10.0. The lowest BCUT2D eigenvalue weighted by Crippen LogP contribution is -2.46. The number of thiocarbonyl (C=S) groups is 1. The number of nitrogens with one attached hydrogen (secondary N) is 4. The van der Waals surface area contributed by atoms with Crippen LogP contribution in [0.25, 0.3) is 5.57 Å². The third-order valence-electron chi connectivity index (χ3n) is 4.72. The van der Waals surface area contributed by atoms with Gasteiger partial charge >= 0.3 is 6.18 Å². The van der Waals surface area contributed by atoms with E-state index in [0.717, 1.165) is 28.5 Å². The van der Waals surface area contributed by atoms with E-state index in [1.54, 1.807) is 0 Å². The van der Waals surface area contributed by atoms with Crippen molar-refractivity contribution in [2.45, 2.75) is 12.6 Å². The molecule has 0 amide bonds. The summed E-state index contributed by atoms with van der Waals surface area (Å²) in [5.74, 6) is 0.596. The normalized spacial score (nSPS) is 15.6. The van der Waals surface area contributed by atoms with Crippen LogP contribution in [0.1, 0.15) is 17.5 Å². The first kappa shape index (κ1) is 20.0. The summed E-state index contributed by atoms with van der Waals surface area (Å²) < 4.78 is 39.4. The van der Waals surface area contributed by atoms with Gasteiger partial charge in [-0.2, -0.15) is 13.2 Å². The molecule has 0 atom stereocenters. The number of aliphatic imine (C=N–C) groups is 1. The minimum Gasteiger partial charge on any atom is -0.366 e. The molecular formula is C21H18F3N5S. The van der Waals surface area contributed by atoms with E-state index >= 15 is 0 Å². The Kier molecular flexibility index (Phi) is 5.45. The lowest BCUT2D eigenvalue weighted by molar-refractivity contribution is -0.136. The molecular weight excluding hydrogens is 411 g/mol. The highest BCUT2D eigenvalue weighted by atomic mass is 32.1. The van der Waals surface area contributed by atoms with Crippen LogP contribution in [-0.2, 0) is 6.18 Å². The van der Waals surface area contributed by atoms with Crippen molar-refractivity contribution in [2.75, 3.05) is 12.0 Å². The molecule has 1 aliphatic heterocycles. The number of amidine groups is 1. The third kappa shape index (κ3) is 4.30. The smallest absolute Gasteiger partial charge is 0.366 e. The number of anilines is 1. The van der Waals surface area contributed by atoms with Crippen molar-refractivity contribution in [3.63, 3.8) is 0 Å². The van der Waals surface area contributed by atoms with E-state index in [4.69, 9.17) is 12.2 Å². The highest BCUT2D eigenvalue weighted by molar-refractivity contribution is 7.80. The van der Waals surface area contributed by atoms with Crippen LogP contribution in [0, 0.1) is 0 Å². The van der Waals surface area contributed by atoms with Crippen molar-refractivity contribution < 1.29 is 13.2 Å². The van der Waals surface area contributed by atoms with Gasteiger partial charge in [0.1, 0.15) is 12.5 Å². The fourth-order valence-corrected chi connectivity index (χ4v) is 3.49. The summed E-state index contributed by atoms with van der Waals surface area (Å²) >= 11 is 5.15. The summed E-state index contributed by atoms with van der Waals surface area (Å²) in [6, 6.07) is 15.2. The molecule has 0 radical (unpaired) electrons. The van der Waals surface area contributed by atoms with Crippen molar-refractivity contribution in [2.24, 2.45) is 4.99 Å². The number of nitrogens with zero attached hydrogens (tertiary/aromatic N) is 1. The third-order valence-corrected chi connectivity index (χ3v) is 4.93. The molecule has 2 aliphatic rings. The first-order valence-electron chi connectivity index (χ1n) is 9.19. The molecule has 5 nitrogen and oxygen atoms in total. The molecule has 154 valence electrons. The highest BCUT2D eigenvalue weighted by Gasteiger charge is 2.33. The molecule has 9 heteroatoms. The molecule has 0 fully saturated rings. The number of allylic oxidation sites excluding steroid dienone is 2. The van der Waals surface area contributed by atoms with Crippen LogP contribution in [-0.4, -0.2) is 17.6 Å². The number of para-hydroxylation sites is 1. The molecule has 0 aromatic heterocycles. The summed E-state index contributed by atoms with van der Waals surface area (Å²) in [6.07, 6.45) is -1.72. The van der Waals surface area contributed by atoms with Crippen LogP contribution in [0.3, 0.4) is 0 Å². The fourth-order valence-electron chi connectivity index (χ4n) is 3.33. The van der Waals surface area contributed by atoms with Crippen molar-refractivity contribution in [3.05, 3.63) is 83.1 Å². The lowest BCUT2D eigenvalue weighted by Gasteiger charge is -2.21. The number of rotatable bonds is 2. The van der Waals surface area contributed by atoms with Crippen molar-refractivity contribution in [1.82, 2.24) is 16.2 Å². The zero-order valence-electron chi connectivity index (χ0n) is 15.7. The Morgan fingerprint density at radius 3 is 2.53 bits per heavy atom. The van der Waals surface area contributed by atoms with Crippen LogP contribution < -0.4 is 21.5 Å². The number of alkyl halides is 3. The molecule has 1 aliphatic carbocycles. The summed E-state index contributed by atoms with van der Waals surface area (Å²) in [5.41, 5.74) is 8.97. The summed E-state index contributed by atoms with van der Waals surface area (Å²) in [5, 5.41) is 5.83. The molecule has 0 saturated heterocycles. The van der Waals surface area contributed by atoms with Crippen LogP contribution in [0.4, 0.5) is 18.9 Å². The van der Waals surface area contributed by atoms with E-state index in [9.17, 15) is 13.2 Å². The van der Waals surface area contributed by atoms with E-state index in [1.165, 1.54) is 18.2 Å². The van der Waals surface area contributed by atoms with Gasteiger partial charge in [0.05, 0.1) is 11.3 Å². The number of hydrogen-bond donors (Lipinski definition) is 4. The molecule has 1 heterocycles. The SMILES string of the molecule is FC(F)(F)c1ccccc1NC(=S)NNC1=NCNC2=C1CC(c1ccccc1)=C2. The monoisotopic (exact) mass is 429 g/mol. The maximum Gasteiger partial charge on any atom is 0.418 e. The minimum absolute atomic E-state index is 0.00400. The van der Waals surface area contributed by atoms with E-state index in [2.05, 4.69) is 32.6 Å². The van der Waals surface area contributed by atoms with Gasteiger partial charge in [-0.25, -0.2) is 4.99 Å². The summed E-state index contributed by atoms with van der Waals surface area (Å²) in [7, 11) is 0. The predicted octanol–water partition coefficient (Wildman–Crippen LogP) is 4.20. The van der Waals surface area contributed by atoms with Crippen LogP contribution in [0.2, 0.25) is 0 Å². The Labute approximate surface area is 176 Å². The summed E-state index contributed by atoms with van der Waals surface area (Å²) in [4.78, 5) is 4.41. The number of benzene rings is 2. The largest absolute Gasteiger partial charge is 0.418 e. The number of halogens is 3. The second-order valence-electron chi connectivity index (χ2n) is 6.69. The minimum atomic E-state index is -4.48. The van der Waals surface area contributed by atoms with Gasteiger partial charge in [-0.1, -0.05) is 42.5 Å². The van der Waals surface area contributed by atoms with Crippen LogP contribution in [0.5, 0.6) is 0 Å². The van der Waals surface area contributed by atoms with Crippen molar-refractivity contribution >= 4 is 34.4 Å². The van der Waals surface area contributed by atoms with Gasteiger partial charge in [-0.05, 0) is 41.6 Å². The van der Waals surface area contributed by atoms with Gasteiger partial charge in [0.2, 0.25) is 0 Å². The fraction of sp³-hybridized carbons (Fsp3) is 0.143. The average molecular weight is 429 g/mol. The number of hydrogen-bond acceptors (Lipinski definition) is 4. The van der Waals surface area contributed by atoms with Crippen LogP contribution in [0.15, 0.2) is 76.9 Å². The molecule has 30 heavy (non-hydrogen) atoms. The van der Waals surface area contributed by atoms with E-state index in [-0.39, 0.29) is 10.8 Å². The molecule has 4 rings (SSSR count). The van der Waals surface area contributed by atoms with Gasteiger partial charge in [0, 0.05) is 17.7 Å². The second kappa shape index (κ2) is 8.19. The first-order chi connectivity index (χ1) is 14.4. The van der Waals surface area contributed by atoms with Gasteiger partial charge in [-0.15, -0.1) is 0 Å². The van der Waals surface area contributed by atoms with Gasteiger partial charge in [-0.3, -0.25) is 10.9 Å². The first-order valence-corrected chi connectivity index (χ1v) is 9.60. The van der Waals surface area contributed by atoms with E-state index < -0.39 is 11.7 Å². The molecule has 2 aromatic carbocycles. The zero-order chi connectivity index (χ0) is 21.1. The van der Waals surface area contributed by atoms with Gasteiger partial charge < -0.3 is 10.6 Å². The maximum absolute atomic E-state index is 13.1. The van der Waals surface area contributed by atoms with Crippen molar-refractivity contribution in [1.29, 1.82) is 0 Å². The Bertz CT molecular complexity index is 1060. The number of hydrazine groups is 1. The maximum atomic E-state index is 13.1. The molecule has 4 N–H and O–H groups in total. The van der Waals surface area contributed by atoms with Gasteiger partial charge in [0.25, 0.3) is 0 Å². The quantitative estimate of drug-likeness (QED) is 0.426. The van der Waals surface area contributed by atoms with Gasteiger partial charge in [0.15, 0.2) is 5.11 Å². The average Bonchev–Trinajstić information content (AvgIpc) is 3.17. The van der Waals surface area contributed by atoms with Crippen LogP contribution >= 0.6 is 12.2 Å². The molecule has 0 bridgehead atoms. The van der Waals surface area contributed by atoms with E-state index in [0.29, 0.717) is 18.9 Å².